The number of furan rings is 1. The van der Waals surface area contributed by atoms with Gasteiger partial charge in [-0.05, 0) is 62.4 Å². The molecule has 0 fully saturated rings. The van der Waals surface area contributed by atoms with E-state index >= 15 is 0 Å². The summed E-state index contributed by atoms with van der Waals surface area (Å²) in [6, 6.07) is 24.7. The molecule has 0 spiro atoms. The Bertz CT molecular complexity index is 1400. The number of para-hydroxylation sites is 1. The van der Waals surface area contributed by atoms with E-state index < -0.39 is 0 Å². The fourth-order valence-corrected chi connectivity index (χ4v) is 3.77. The molecule has 0 bridgehead atoms. The molecular formula is C27H23N3O3. The number of aromatic nitrogens is 2. The van der Waals surface area contributed by atoms with Gasteiger partial charge in [0.15, 0.2) is 0 Å². The van der Waals surface area contributed by atoms with Crippen molar-refractivity contribution in [3.8, 4) is 22.9 Å². The van der Waals surface area contributed by atoms with Crippen LogP contribution in [0.1, 0.15) is 34.6 Å². The van der Waals surface area contributed by atoms with Gasteiger partial charge in [0.25, 0.3) is 5.91 Å². The van der Waals surface area contributed by atoms with E-state index in [9.17, 15) is 4.79 Å². The molecule has 164 valence electrons. The Morgan fingerprint density at radius 1 is 0.848 bits per heavy atom. The molecule has 0 aliphatic carbocycles. The smallest absolute Gasteiger partial charge is 0.254 e. The molecule has 0 unspecified atom stereocenters. The van der Waals surface area contributed by atoms with Crippen molar-refractivity contribution in [3.63, 3.8) is 0 Å². The molecular weight excluding hydrogens is 414 g/mol. The number of benzene rings is 3. The van der Waals surface area contributed by atoms with E-state index in [4.69, 9.17) is 8.83 Å². The number of carbonyl (C=O) groups excluding carboxylic acids is 1. The molecule has 0 saturated carbocycles. The molecule has 1 amide bonds. The fraction of sp³-hybridized carbons (Fsp3) is 0.148. The zero-order valence-electron chi connectivity index (χ0n) is 18.6. The summed E-state index contributed by atoms with van der Waals surface area (Å²) in [5, 5.41) is 9.35. The molecule has 6 heteroatoms. The molecule has 1 atom stereocenters. The van der Waals surface area contributed by atoms with E-state index in [2.05, 4.69) is 10.2 Å². The van der Waals surface area contributed by atoms with Crippen LogP contribution in [0.2, 0.25) is 0 Å². The molecule has 33 heavy (non-hydrogen) atoms. The van der Waals surface area contributed by atoms with E-state index in [-0.39, 0.29) is 11.9 Å². The summed E-state index contributed by atoms with van der Waals surface area (Å²) in [4.78, 5) is 14.8. The summed E-state index contributed by atoms with van der Waals surface area (Å²) in [5.74, 6) is 1.53. The van der Waals surface area contributed by atoms with Crippen LogP contribution in [0.15, 0.2) is 87.7 Å². The summed E-state index contributed by atoms with van der Waals surface area (Å²) < 4.78 is 11.8. The van der Waals surface area contributed by atoms with Crippen molar-refractivity contribution < 1.29 is 13.6 Å². The maximum Gasteiger partial charge on any atom is 0.254 e. The molecule has 5 rings (SSSR count). The Morgan fingerprint density at radius 2 is 1.58 bits per heavy atom. The lowest BCUT2D eigenvalue weighted by Gasteiger charge is -2.23. The Kier molecular flexibility index (Phi) is 5.26. The predicted molar refractivity (Wildman–Crippen MR) is 127 cm³/mol. The van der Waals surface area contributed by atoms with Crippen molar-refractivity contribution in [3.05, 3.63) is 95.7 Å². The van der Waals surface area contributed by atoms with Crippen LogP contribution in [0.25, 0.3) is 33.9 Å². The number of hydrogen-bond donors (Lipinski definition) is 0. The van der Waals surface area contributed by atoms with Crippen LogP contribution in [-0.4, -0.2) is 28.1 Å². The van der Waals surface area contributed by atoms with Crippen LogP contribution in [0.5, 0.6) is 0 Å². The van der Waals surface area contributed by atoms with Crippen molar-refractivity contribution in [1.29, 1.82) is 0 Å². The van der Waals surface area contributed by atoms with Crippen molar-refractivity contribution >= 4 is 16.9 Å². The van der Waals surface area contributed by atoms with Gasteiger partial charge >= 0.3 is 0 Å². The van der Waals surface area contributed by atoms with Crippen LogP contribution in [0, 0.1) is 6.92 Å². The fourth-order valence-electron chi connectivity index (χ4n) is 3.77. The minimum absolute atomic E-state index is 0.0968. The summed E-state index contributed by atoms with van der Waals surface area (Å²) in [5.41, 5.74) is 4.14. The van der Waals surface area contributed by atoms with Gasteiger partial charge in [-0.15, -0.1) is 10.2 Å². The second-order valence-corrected chi connectivity index (χ2v) is 8.14. The quantitative estimate of drug-likeness (QED) is 0.323. The first-order chi connectivity index (χ1) is 16.0. The number of rotatable bonds is 5. The molecule has 0 saturated heterocycles. The number of amides is 1. The Labute approximate surface area is 191 Å². The van der Waals surface area contributed by atoms with Crippen LogP contribution in [-0.2, 0) is 0 Å². The van der Waals surface area contributed by atoms with E-state index in [1.165, 1.54) is 0 Å². The Morgan fingerprint density at radius 3 is 2.30 bits per heavy atom. The number of aryl methyl sites for hydroxylation is 1. The third-order valence-corrected chi connectivity index (χ3v) is 5.83. The predicted octanol–water partition coefficient (Wildman–Crippen LogP) is 6.29. The van der Waals surface area contributed by atoms with Crippen molar-refractivity contribution in [2.45, 2.75) is 19.9 Å². The van der Waals surface area contributed by atoms with Crippen LogP contribution >= 0.6 is 0 Å². The molecule has 3 aromatic carbocycles. The summed E-state index contributed by atoms with van der Waals surface area (Å²) in [6.07, 6.45) is 0. The average molecular weight is 437 g/mol. The highest BCUT2D eigenvalue weighted by molar-refractivity contribution is 5.94. The summed E-state index contributed by atoms with van der Waals surface area (Å²) >= 11 is 0. The molecule has 0 aliphatic rings. The first kappa shape index (κ1) is 20.7. The van der Waals surface area contributed by atoms with Crippen LogP contribution in [0.3, 0.4) is 0 Å². The number of nitrogens with zero attached hydrogens (tertiary/aromatic N) is 3. The summed E-state index contributed by atoms with van der Waals surface area (Å²) in [7, 11) is 1.78. The highest BCUT2D eigenvalue weighted by Gasteiger charge is 2.22. The first-order valence-corrected chi connectivity index (χ1v) is 10.8. The largest absolute Gasteiger partial charge is 0.459 e. The zero-order chi connectivity index (χ0) is 22.9. The highest BCUT2D eigenvalue weighted by Crippen LogP contribution is 2.28. The van der Waals surface area contributed by atoms with Crippen LogP contribution in [0.4, 0.5) is 0 Å². The third-order valence-electron chi connectivity index (χ3n) is 5.83. The van der Waals surface area contributed by atoms with Gasteiger partial charge in [0.05, 0.1) is 6.04 Å². The maximum absolute atomic E-state index is 13.1. The van der Waals surface area contributed by atoms with Crippen molar-refractivity contribution in [2.75, 3.05) is 7.05 Å². The SMILES string of the molecule is Cc1cccc(-c2nnc(-c3ccc(C(=O)N(C)[C@H](C)c4cc5ccccc5o4)cc3)o2)c1. The molecule has 0 radical (unpaired) electrons. The molecule has 2 aromatic heterocycles. The van der Waals surface area contributed by atoms with E-state index in [1.807, 2.05) is 80.6 Å². The Hall–Kier alpha value is -4.19. The van der Waals surface area contributed by atoms with Gasteiger partial charge in [0.2, 0.25) is 11.8 Å². The van der Waals surface area contributed by atoms with Crippen LogP contribution < -0.4 is 0 Å². The molecule has 5 aromatic rings. The maximum atomic E-state index is 13.1. The number of carbonyl (C=O) groups is 1. The van der Waals surface area contributed by atoms with Gasteiger partial charge in [-0.1, -0.05) is 35.9 Å². The highest BCUT2D eigenvalue weighted by atomic mass is 16.4. The lowest BCUT2D eigenvalue weighted by molar-refractivity contribution is 0.0727. The van der Waals surface area contributed by atoms with Gasteiger partial charge in [0, 0.05) is 29.1 Å². The first-order valence-electron chi connectivity index (χ1n) is 10.8. The van der Waals surface area contributed by atoms with E-state index in [0.717, 1.165) is 33.4 Å². The lowest BCUT2D eigenvalue weighted by Crippen LogP contribution is -2.29. The lowest BCUT2D eigenvalue weighted by atomic mass is 10.1. The van der Waals surface area contributed by atoms with E-state index in [1.54, 1.807) is 24.1 Å². The average Bonchev–Trinajstić information content (AvgIpc) is 3.50. The third kappa shape index (κ3) is 4.03. The van der Waals surface area contributed by atoms with E-state index in [0.29, 0.717) is 17.3 Å². The molecule has 6 nitrogen and oxygen atoms in total. The van der Waals surface area contributed by atoms with Gasteiger partial charge in [0.1, 0.15) is 11.3 Å². The second-order valence-electron chi connectivity index (χ2n) is 8.14. The molecule has 0 aliphatic heterocycles. The zero-order valence-corrected chi connectivity index (χ0v) is 18.6. The number of hydrogen-bond acceptors (Lipinski definition) is 5. The second kappa shape index (κ2) is 8.39. The van der Waals surface area contributed by atoms with Gasteiger partial charge in [-0.3, -0.25) is 4.79 Å². The molecule has 2 heterocycles. The minimum atomic E-state index is -0.211. The topological polar surface area (TPSA) is 72.4 Å². The monoisotopic (exact) mass is 437 g/mol. The summed E-state index contributed by atoms with van der Waals surface area (Å²) in [6.45, 7) is 3.97. The normalized spacial score (nSPS) is 12.1. The standard InChI is InChI=1S/C27H23N3O3/c1-17-7-6-9-22(15-17)26-29-28-25(33-26)19-11-13-20(14-12-19)27(31)30(3)18(2)24-16-21-8-4-5-10-23(21)32-24/h4-16,18H,1-3H3/t18-/m1/s1. The molecule has 0 N–H and O–H groups in total. The van der Waals surface area contributed by atoms with Gasteiger partial charge in [-0.2, -0.15) is 0 Å². The number of fused-ring (bicyclic) bond motifs is 1. The minimum Gasteiger partial charge on any atom is -0.459 e. The van der Waals surface area contributed by atoms with Crippen molar-refractivity contribution in [2.24, 2.45) is 0 Å². The van der Waals surface area contributed by atoms with Gasteiger partial charge in [-0.25, -0.2) is 0 Å². The van der Waals surface area contributed by atoms with Crippen molar-refractivity contribution in [1.82, 2.24) is 15.1 Å². The van der Waals surface area contributed by atoms with Gasteiger partial charge < -0.3 is 13.7 Å². The Balaban J connectivity index is 1.33.